The van der Waals surface area contributed by atoms with Gasteiger partial charge in [-0.25, -0.2) is 13.8 Å². The standard InChI is InChI=1S/C25H24F2N2O3/c1-15(31)23-11-19(26)3-6-22(23)16-2-5-21(18(10-16)14-30)17-8-9-29(13-17)25(32)24-7-4-20(27)12-28-24/h2-7,10-12,15,17,30-31H,8-9,13-14H2,1H3. The maximum Gasteiger partial charge on any atom is 0.272 e. The zero-order valence-corrected chi connectivity index (χ0v) is 17.6. The lowest BCUT2D eigenvalue weighted by Crippen LogP contribution is -2.29. The second kappa shape index (κ2) is 9.14. The number of amides is 1. The van der Waals surface area contributed by atoms with Crippen LogP contribution in [0.15, 0.2) is 54.7 Å². The fourth-order valence-electron chi connectivity index (χ4n) is 4.31. The largest absolute Gasteiger partial charge is 0.392 e. The van der Waals surface area contributed by atoms with Crippen LogP contribution in [0.25, 0.3) is 11.1 Å². The molecule has 1 aliphatic rings. The van der Waals surface area contributed by atoms with Crippen molar-refractivity contribution in [1.82, 2.24) is 9.88 Å². The molecule has 0 saturated carbocycles. The summed E-state index contributed by atoms with van der Waals surface area (Å²) >= 11 is 0. The molecule has 1 fully saturated rings. The van der Waals surface area contributed by atoms with Crippen molar-refractivity contribution in [2.75, 3.05) is 13.1 Å². The van der Waals surface area contributed by atoms with Gasteiger partial charge in [0.05, 0.1) is 18.9 Å². The molecule has 4 rings (SSSR count). The number of aliphatic hydroxyl groups is 2. The SMILES string of the molecule is CC(O)c1cc(F)ccc1-c1ccc(C2CCN(C(=O)c3ccc(F)cn3)C2)c(CO)c1. The average molecular weight is 438 g/mol. The number of benzene rings is 2. The van der Waals surface area contributed by atoms with Crippen LogP contribution in [-0.2, 0) is 6.61 Å². The summed E-state index contributed by atoms with van der Waals surface area (Å²) in [4.78, 5) is 18.3. The van der Waals surface area contributed by atoms with E-state index in [-0.39, 0.29) is 24.1 Å². The first-order chi connectivity index (χ1) is 15.4. The molecule has 2 N–H and O–H groups in total. The van der Waals surface area contributed by atoms with Gasteiger partial charge in [0, 0.05) is 19.0 Å². The Morgan fingerprint density at radius 1 is 1.16 bits per heavy atom. The molecule has 0 radical (unpaired) electrons. The highest BCUT2D eigenvalue weighted by molar-refractivity contribution is 5.92. The number of halogens is 2. The van der Waals surface area contributed by atoms with E-state index in [2.05, 4.69) is 4.98 Å². The molecule has 1 aliphatic heterocycles. The molecule has 2 atom stereocenters. The van der Waals surface area contributed by atoms with Gasteiger partial charge in [0.2, 0.25) is 0 Å². The van der Waals surface area contributed by atoms with Crippen LogP contribution in [0.3, 0.4) is 0 Å². The molecule has 5 nitrogen and oxygen atoms in total. The zero-order valence-electron chi connectivity index (χ0n) is 17.6. The first-order valence-electron chi connectivity index (χ1n) is 10.5. The van der Waals surface area contributed by atoms with Crippen molar-refractivity contribution in [2.24, 2.45) is 0 Å². The van der Waals surface area contributed by atoms with Crippen molar-refractivity contribution in [3.8, 4) is 11.1 Å². The van der Waals surface area contributed by atoms with E-state index in [4.69, 9.17) is 0 Å². The maximum absolute atomic E-state index is 13.7. The molecule has 32 heavy (non-hydrogen) atoms. The van der Waals surface area contributed by atoms with Gasteiger partial charge in [-0.3, -0.25) is 4.79 Å². The molecule has 0 aliphatic carbocycles. The summed E-state index contributed by atoms with van der Waals surface area (Å²) in [6.07, 6.45) is 0.919. The number of carbonyl (C=O) groups excluding carboxylic acids is 1. The van der Waals surface area contributed by atoms with Gasteiger partial charge in [-0.05, 0) is 71.5 Å². The highest BCUT2D eigenvalue weighted by Crippen LogP contribution is 2.35. The second-order valence-corrected chi connectivity index (χ2v) is 8.08. The number of hydrogen-bond donors (Lipinski definition) is 2. The Kier molecular flexibility index (Phi) is 6.30. The highest BCUT2D eigenvalue weighted by Gasteiger charge is 2.30. The van der Waals surface area contributed by atoms with E-state index in [0.29, 0.717) is 24.2 Å². The Morgan fingerprint density at radius 2 is 1.94 bits per heavy atom. The third-order valence-corrected chi connectivity index (χ3v) is 5.95. The molecule has 7 heteroatoms. The van der Waals surface area contributed by atoms with E-state index in [9.17, 15) is 23.8 Å². The smallest absolute Gasteiger partial charge is 0.272 e. The summed E-state index contributed by atoms with van der Waals surface area (Å²) in [6.45, 7) is 2.41. The van der Waals surface area contributed by atoms with Gasteiger partial charge >= 0.3 is 0 Å². The predicted octanol–water partition coefficient (Wildman–Crippen LogP) is 4.20. The first kappa shape index (κ1) is 22.0. The summed E-state index contributed by atoms with van der Waals surface area (Å²) in [7, 11) is 0. The molecule has 166 valence electrons. The maximum atomic E-state index is 13.7. The number of aliphatic hydroxyl groups excluding tert-OH is 2. The Bertz CT molecular complexity index is 1130. The lowest BCUT2D eigenvalue weighted by molar-refractivity contribution is 0.0785. The van der Waals surface area contributed by atoms with Crippen LogP contribution in [0.4, 0.5) is 8.78 Å². The van der Waals surface area contributed by atoms with Crippen molar-refractivity contribution in [3.05, 3.63) is 88.7 Å². The van der Waals surface area contributed by atoms with Gasteiger partial charge < -0.3 is 15.1 Å². The number of hydrogen-bond acceptors (Lipinski definition) is 4. The molecular formula is C25H24F2N2O3. The first-order valence-corrected chi connectivity index (χ1v) is 10.5. The quantitative estimate of drug-likeness (QED) is 0.626. The predicted molar refractivity (Wildman–Crippen MR) is 116 cm³/mol. The van der Waals surface area contributed by atoms with E-state index in [1.165, 1.54) is 24.3 Å². The van der Waals surface area contributed by atoms with Crippen LogP contribution < -0.4 is 0 Å². The van der Waals surface area contributed by atoms with Gasteiger partial charge in [0.15, 0.2) is 0 Å². The number of rotatable bonds is 5. The molecule has 1 saturated heterocycles. The summed E-state index contributed by atoms with van der Waals surface area (Å²) < 4.78 is 26.8. The van der Waals surface area contributed by atoms with Crippen molar-refractivity contribution in [3.63, 3.8) is 0 Å². The van der Waals surface area contributed by atoms with Crippen molar-refractivity contribution < 1.29 is 23.8 Å². The van der Waals surface area contributed by atoms with Crippen molar-refractivity contribution >= 4 is 5.91 Å². The summed E-state index contributed by atoms with van der Waals surface area (Å²) in [6, 6.07) is 12.5. The molecule has 2 heterocycles. The Balaban J connectivity index is 1.58. The van der Waals surface area contributed by atoms with Crippen LogP contribution in [0.1, 0.15) is 52.5 Å². The van der Waals surface area contributed by atoms with Gasteiger partial charge in [-0.15, -0.1) is 0 Å². The van der Waals surface area contributed by atoms with Crippen LogP contribution >= 0.6 is 0 Å². The molecular weight excluding hydrogens is 414 g/mol. The third-order valence-electron chi connectivity index (χ3n) is 5.95. The number of aromatic nitrogens is 1. The van der Waals surface area contributed by atoms with E-state index in [1.807, 2.05) is 18.2 Å². The fraction of sp³-hybridized carbons (Fsp3) is 0.280. The molecule has 1 amide bonds. The number of nitrogens with zero attached hydrogens (tertiary/aromatic N) is 2. The van der Waals surface area contributed by atoms with Gasteiger partial charge in [-0.1, -0.05) is 18.2 Å². The molecule has 2 aromatic carbocycles. The third kappa shape index (κ3) is 4.40. The van der Waals surface area contributed by atoms with Crippen molar-refractivity contribution in [1.29, 1.82) is 0 Å². The topological polar surface area (TPSA) is 73.7 Å². The summed E-state index contributed by atoms with van der Waals surface area (Å²) in [5.74, 6) is -1.12. The van der Waals surface area contributed by atoms with E-state index < -0.39 is 17.7 Å². The number of carbonyl (C=O) groups is 1. The van der Waals surface area contributed by atoms with Crippen LogP contribution in [0, 0.1) is 11.6 Å². The highest BCUT2D eigenvalue weighted by atomic mass is 19.1. The van der Waals surface area contributed by atoms with E-state index in [1.54, 1.807) is 17.9 Å². The Hall–Kier alpha value is -3.16. The van der Waals surface area contributed by atoms with E-state index >= 15 is 0 Å². The number of pyridine rings is 1. The number of likely N-dealkylation sites (tertiary alicyclic amines) is 1. The van der Waals surface area contributed by atoms with Gasteiger partial charge in [-0.2, -0.15) is 0 Å². The van der Waals surface area contributed by atoms with E-state index in [0.717, 1.165) is 29.3 Å². The fourth-order valence-corrected chi connectivity index (χ4v) is 4.31. The summed E-state index contributed by atoms with van der Waals surface area (Å²) in [5.41, 5.74) is 3.82. The molecule has 0 spiro atoms. The lowest BCUT2D eigenvalue weighted by Gasteiger charge is -2.19. The molecule has 0 bridgehead atoms. The molecule has 2 unspecified atom stereocenters. The lowest BCUT2D eigenvalue weighted by atomic mass is 9.89. The van der Waals surface area contributed by atoms with Crippen LogP contribution in [0.2, 0.25) is 0 Å². The second-order valence-electron chi connectivity index (χ2n) is 8.08. The minimum absolute atomic E-state index is 0.0417. The summed E-state index contributed by atoms with van der Waals surface area (Å²) in [5, 5.41) is 20.1. The average Bonchev–Trinajstić information content (AvgIpc) is 3.28. The minimum Gasteiger partial charge on any atom is -0.392 e. The Labute approximate surface area is 185 Å². The normalized spacial score (nSPS) is 16.9. The van der Waals surface area contributed by atoms with Crippen LogP contribution in [0.5, 0.6) is 0 Å². The van der Waals surface area contributed by atoms with Gasteiger partial charge in [0.1, 0.15) is 17.3 Å². The zero-order chi connectivity index (χ0) is 22.8. The Morgan fingerprint density at radius 3 is 2.62 bits per heavy atom. The van der Waals surface area contributed by atoms with Crippen molar-refractivity contribution in [2.45, 2.75) is 32.0 Å². The van der Waals surface area contributed by atoms with Gasteiger partial charge in [0.25, 0.3) is 5.91 Å². The minimum atomic E-state index is -0.840. The van der Waals surface area contributed by atoms with Crippen LogP contribution in [-0.4, -0.2) is 39.1 Å². The molecule has 1 aromatic heterocycles. The molecule has 3 aromatic rings. The monoisotopic (exact) mass is 438 g/mol.